The van der Waals surface area contributed by atoms with Gasteiger partial charge in [-0.1, -0.05) is 36.4 Å². The summed E-state index contributed by atoms with van der Waals surface area (Å²) in [6.07, 6.45) is 0.637. The van der Waals surface area contributed by atoms with E-state index in [0.29, 0.717) is 30.9 Å². The zero-order chi connectivity index (χ0) is 14.4. The topological polar surface area (TPSA) is 81.5 Å². The third-order valence-corrected chi connectivity index (χ3v) is 3.13. The minimum Gasteiger partial charge on any atom is -0.507 e. The number of hydrogen-bond acceptors (Lipinski definition) is 4. The van der Waals surface area contributed by atoms with Crippen molar-refractivity contribution in [1.82, 2.24) is 0 Å². The molecule has 106 valence electrons. The summed E-state index contributed by atoms with van der Waals surface area (Å²) in [5.41, 5.74) is 13.2. The number of phenols is 1. The highest BCUT2D eigenvalue weighted by Gasteiger charge is 2.11. The van der Waals surface area contributed by atoms with Crippen molar-refractivity contribution in [2.75, 3.05) is 6.54 Å². The van der Waals surface area contributed by atoms with Gasteiger partial charge in [-0.25, -0.2) is 0 Å². The van der Waals surface area contributed by atoms with E-state index in [1.165, 1.54) is 0 Å². The molecular weight excluding hydrogens is 252 g/mol. The van der Waals surface area contributed by atoms with Gasteiger partial charge in [0.15, 0.2) is 0 Å². The first-order valence-electron chi connectivity index (χ1n) is 6.66. The van der Waals surface area contributed by atoms with E-state index in [0.717, 1.165) is 5.56 Å². The Kier molecular flexibility index (Phi) is 4.98. The molecule has 5 N–H and O–H groups in total. The Bertz CT molecular complexity index is 543. The van der Waals surface area contributed by atoms with Crippen LogP contribution in [0.5, 0.6) is 11.5 Å². The summed E-state index contributed by atoms with van der Waals surface area (Å²) in [6.45, 7) is 0.960. The van der Waals surface area contributed by atoms with Gasteiger partial charge in [-0.2, -0.15) is 0 Å². The Labute approximate surface area is 119 Å². The fraction of sp³-hybridized carbons (Fsp3) is 0.250. The normalized spacial score (nSPS) is 12.1. The molecule has 0 radical (unpaired) electrons. The average Bonchev–Trinajstić information content (AvgIpc) is 2.46. The molecule has 0 spiro atoms. The first kappa shape index (κ1) is 14.4. The van der Waals surface area contributed by atoms with E-state index in [2.05, 4.69) is 0 Å². The van der Waals surface area contributed by atoms with E-state index < -0.39 is 0 Å². The van der Waals surface area contributed by atoms with Crippen molar-refractivity contribution in [3.05, 3.63) is 59.7 Å². The van der Waals surface area contributed by atoms with Crippen molar-refractivity contribution in [2.45, 2.75) is 19.1 Å². The van der Waals surface area contributed by atoms with Gasteiger partial charge in [0.2, 0.25) is 0 Å². The minimum atomic E-state index is -0.247. The first-order valence-corrected chi connectivity index (χ1v) is 6.66. The maximum atomic E-state index is 9.98. The molecule has 0 saturated carbocycles. The summed E-state index contributed by atoms with van der Waals surface area (Å²) < 4.78 is 5.64. The van der Waals surface area contributed by atoms with Crippen LogP contribution in [0.15, 0.2) is 48.5 Å². The highest BCUT2D eigenvalue weighted by molar-refractivity contribution is 5.41. The van der Waals surface area contributed by atoms with Crippen molar-refractivity contribution in [1.29, 1.82) is 0 Å². The lowest BCUT2D eigenvalue weighted by Crippen LogP contribution is -2.15. The molecule has 0 aliphatic rings. The van der Waals surface area contributed by atoms with Gasteiger partial charge >= 0.3 is 0 Å². The van der Waals surface area contributed by atoms with Crippen molar-refractivity contribution in [3.8, 4) is 11.5 Å². The largest absolute Gasteiger partial charge is 0.507 e. The van der Waals surface area contributed by atoms with Gasteiger partial charge in [-0.3, -0.25) is 0 Å². The van der Waals surface area contributed by atoms with Crippen LogP contribution in [0.1, 0.15) is 23.6 Å². The standard InChI is InChI=1S/C16H20N2O2/c17-9-8-15(18)14-7-6-13(10-16(14)19)20-11-12-4-2-1-3-5-12/h1-7,10,15,19H,8-9,11,17-18H2/t15-/m0/s1. The van der Waals surface area contributed by atoms with Crippen LogP contribution in [0.3, 0.4) is 0 Å². The van der Waals surface area contributed by atoms with E-state index in [4.69, 9.17) is 16.2 Å². The van der Waals surface area contributed by atoms with Crippen molar-refractivity contribution < 1.29 is 9.84 Å². The molecule has 0 saturated heterocycles. The molecule has 0 unspecified atom stereocenters. The number of benzene rings is 2. The van der Waals surface area contributed by atoms with Gasteiger partial charge in [0.05, 0.1) is 0 Å². The third kappa shape index (κ3) is 3.73. The Hall–Kier alpha value is -2.04. The second-order valence-electron chi connectivity index (χ2n) is 4.68. The van der Waals surface area contributed by atoms with Crippen molar-refractivity contribution in [3.63, 3.8) is 0 Å². The zero-order valence-electron chi connectivity index (χ0n) is 11.3. The summed E-state index contributed by atoms with van der Waals surface area (Å²) in [6, 6.07) is 14.8. The van der Waals surface area contributed by atoms with Crippen LogP contribution in [-0.4, -0.2) is 11.7 Å². The number of rotatable bonds is 6. The molecule has 0 aliphatic carbocycles. The number of aromatic hydroxyl groups is 1. The fourth-order valence-electron chi connectivity index (χ4n) is 2.00. The molecule has 2 rings (SSSR count). The second kappa shape index (κ2) is 6.93. The number of phenolic OH excluding ortho intramolecular Hbond substituents is 1. The fourth-order valence-corrected chi connectivity index (χ4v) is 2.00. The Morgan fingerprint density at radius 1 is 1.10 bits per heavy atom. The number of ether oxygens (including phenoxy) is 1. The molecule has 4 nitrogen and oxygen atoms in total. The maximum absolute atomic E-state index is 9.98. The van der Waals surface area contributed by atoms with Gasteiger partial charge in [0.25, 0.3) is 0 Å². The van der Waals surface area contributed by atoms with E-state index in [1.807, 2.05) is 36.4 Å². The SMILES string of the molecule is NCC[C@H](N)c1ccc(OCc2ccccc2)cc1O. The van der Waals surface area contributed by atoms with Crippen LogP contribution in [-0.2, 0) is 6.61 Å². The van der Waals surface area contributed by atoms with Crippen molar-refractivity contribution in [2.24, 2.45) is 11.5 Å². The molecule has 0 heterocycles. The lowest BCUT2D eigenvalue weighted by molar-refractivity contribution is 0.304. The Morgan fingerprint density at radius 3 is 2.50 bits per heavy atom. The zero-order valence-corrected chi connectivity index (χ0v) is 11.3. The van der Waals surface area contributed by atoms with Crippen LogP contribution < -0.4 is 16.2 Å². The molecule has 0 aliphatic heterocycles. The maximum Gasteiger partial charge on any atom is 0.124 e. The molecule has 0 amide bonds. The quantitative estimate of drug-likeness (QED) is 0.753. The predicted octanol–water partition coefficient (Wildman–Crippen LogP) is 2.32. The molecule has 0 fully saturated rings. The summed E-state index contributed by atoms with van der Waals surface area (Å²) in [5, 5.41) is 9.98. The van der Waals surface area contributed by atoms with Crippen LogP contribution >= 0.6 is 0 Å². The highest BCUT2D eigenvalue weighted by Crippen LogP contribution is 2.29. The van der Waals surface area contributed by atoms with E-state index >= 15 is 0 Å². The Balaban J connectivity index is 2.02. The third-order valence-electron chi connectivity index (χ3n) is 3.13. The van der Waals surface area contributed by atoms with Crippen LogP contribution in [0.4, 0.5) is 0 Å². The Morgan fingerprint density at radius 2 is 1.85 bits per heavy atom. The first-order chi connectivity index (χ1) is 9.70. The highest BCUT2D eigenvalue weighted by atomic mass is 16.5. The molecule has 0 bridgehead atoms. The summed E-state index contributed by atoms with van der Waals surface area (Å²) >= 11 is 0. The molecule has 1 atom stereocenters. The summed E-state index contributed by atoms with van der Waals surface area (Å²) in [4.78, 5) is 0. The van der Waals surface area contributed by atoms with Crippen LogP contribution in [0.25, 0.3) is 0 Å². The van der Waals surface area contributed by atoms with Crippen LogP contribution in [0.2, 0.25) is 0 Å². The van der Waals surface area contributed by atoms with Gasteiger partial charge in [0, 0.05) is 17.7 Å². The van der Waals surface area contributed by atoms with E-state index in [1.54, 1.807) is 12.1 Å². The molecule has 2 aromatic rings. The molecule has 4 heteroatoms. The van der Waals surface area contributed by atoms with Crippen LogP contribution in [0, 0.1) is 0 Å². The van der Waals surface area contributed by atoms with E-state index in [-0.39, 0.29) is 11.8 Å². The molecule has 20 heavy (non-hydrogen) atoms. The van der Waals surface area contributed by atoms with E-state index in [9.17, 15) is 5.11 Å². The monoisotopic (exact) mass is 272 g/mol. The lowest BCUT2D eigenvalue weighted by Gasteiger charge is -2.14. The minimum absolute atomic E-state index is 0.150. The molecule has 2 aromatic carbocycles. The number of hydrogen-bond donors (Lipinski definition) is 3. The predicted molar refractivity (Wildman–Crippen MR) is 79.5 cm³/mol. The lowest BCUT2D eigenvalue weighted by atomic mass is 10.0. The summed E-state index contributed by atoms with van der Waals surface area (Å²) in [5.74, 6) is 0.770. The van der Waals surface area contributed by atoms with Gasteiger partial charge in [-0.05, 0) is 24.6 Å². The van der Waals surface area contributed by atoms with Gasteiger partial charge in [-0.15, -0.1) is 0 Å². The smallest absolute Gasteiger partial charge is 0.124 e. The second-order valence-corrected chi connectivity index (χ2v) is 4.68. The average molecular weight is 272 g/mol. The molecular formula is C16H20N2O2. The van der Waals surface area contributed by atoms with Gasteiger partial charge in [0.1, 0.15) is 18.1 Å². The van der Waals surface area contributed by atoms with Crippen molar-refractivity contribution >= 4 is 0 Å². The van der Waals surface area contributed by atoms with Gasteiger partial charge < -0.3 is 21.3 Å². The molecule has 0 aromatic heterocycles. The number of nitrogens with two attached hydrogens (primary N) is 2. The summed E-state index contributed by atoms with van der Waals surface area (Å²) in [7, 11) is 0.